The molecule has 0 heterocycles. The second kappa shape index (κ2) is 12.7. The average Bonchev–Trinajstić information content (AvgIpc) is 2.31. The Balaban J connectivity index is 0. The molecule has 0 aliphatic heterocycles. The quantitative estimate of drug-likeness (QED) is 0.290. The summed E-state index contributed by atoms with van der Waals surface area (Å²) in [4.78, 5) is 21.6. The molecule has 0 N–H and O–H groups in total. The van der Waals surface area contributed by atoms with Gasteiger partial charge in [-0.25, -0.2) is 0 Å². The topological polar surface area (TPSA) is 67.2 Å². The van der Waals surface area contributed by atoms with Crippen LogP contribution in [-0.2, 0) is 14.3 Å². The summed E-state index contributed by atoms with van der Waals surface area (Å²) in [6.45, 7) is 4.45. The van der Waals surface area contributed by atoms with Crippen molar-refractivity contribution in [1.29, 1.82) is 5.26 Å². The summed E-state index contributed by atoms with van der Waals surface area (Å²) >= 11 is 0. The second-order valence-electron chi connectivity index (χ2n) is 3.79. The maximum atomic E-state index is 11.2. The van der Waals surface area contributed by atoms with E-state index in [-0.39, 0.29) is 51.4 Å². The normalized spacial score (nSPS) is 12.8. The van der Waals surface area contributed by atoms with Crippen molar-refractivity contribution < 1.29 is 14.3 Å². The Labute approximate surface area is 146 Å². The SMILES string of the molecule is CCCCC(CC)COC(=O)C(C#N)C=O.[K]. The Hall–Kier alpha value is 0.266. The Bertz CT molecular complexity index is 263. The van der Waals surface area contributed by atoms with E-state index in [1.54, 1.807) is 6.07 Å². The average molecular weight is 264 g/mol. The molecule has 17 heavy (non-hydrogen) atoms. The summed E-state index contributed by atoms with van der Waals surface area (Å²) in [6.07, 6.45) is 4.48. The fraction of sp³-hybridized carbons (Fsp3) is 0.750. The monoisotopic (exact) mass is 264 g/mol. The van der Waals surface area contributed by atoms with Crippen LogP contribution in [0.4, 0.5) is 0 Å². The van der Waals surface area contributed by atoms with Gasteiger partial charge in [0.1, 0.15) is 6.29 Å². The van der Waals surface area contributed by atoms with Crippen molar-refractivity contribution >= 4 is 63.6 Å². The third-order valence-corrected chi connectivity index (χ3v) is 2.53. The zero-order valence-corrected chi connectivity index (χ0v) is 14.1. The van der Waals surface area contributed by atoms with Crippen molar-refractivity contribution in [3.8, 4) is 6.07 Å². The Morgan fingerprint density at radius 2 is 2.12 bits per heavy atom. The minimum Gasteiger partial charge on any atom is -0.464 e. The minimum absolute atomic E-state index is 0. The van der Waals surface area contributed by atoms with Gasteiger partial charge in [-0.15, -0.1) is 0 Å². The van der Waals surface area contributed by atoms with Crippen LogP contribution in [0.5, 0.6) is 0 Å². The Kier molecular flexibility index (Phi) is 14.7. The van der Waals surface area contributed by atoms with E-state index in [4.69, 9.17) is 10.00 Å². The van der Waals surface area contributed by atoms with E-state index in [1.165, 1.54) is 0 Å². The van der Waals surface area contributed by atoms with Gasteiger partial charge in [0, 0.05) is 51.4 Å². The van der Waals surface area contributed by atoms with Crippen LogP contribution in [0, 0.1) is 23.2 Å². The summed E-state index contributed by atoms with van der Waals surface area (Å²) in [5.74, 6) is -1.67. The summed E-state index contributed by atoms with van der Waals surface area (Å²) in [6, 6.07) is 1.59. The third kappa shape index (κ3) is 8.92. The molecule has 5 heteroatoms. The van der Waals surface area contributed by atoms with Crippen LogP contribution >= 0.6 is 0 Å². The van der Waals surface area contributed by atoms with Gasteiger partial charge in [0.15, 0.2) is 5.92 Å². The first-order chi connectivity index (χ1) is 7.69. The summed E-state index contributed by atoms with van der Waals surface area (Å²) in [7, 11) is 0. The molecule has 1 radical (unpaired) electrons. The molecule has 0 aromatic heterocycles. The van der Waals surface area contributed by atoms with Crippen LogP contribution in [0.3, 0.4) is 0 Å². The van der Waals surface area contributed by atoms with Gasteiger partial charge in [-0.05, 0) is 12.3 Å². The number of carbonyl (C=O) groups excluding carboxylic acids is 2. The van der Waals surface area contributed by atoms with Crippen molar-refractivity contribution in [2.45, 2.75) is 39.5 Å². The number of ether oxygens (including phenoxy) is 1. The second-order valence-corrected chi connectivity index (χ2v) is 3.79. The number of hydrogen-bond donors (Lipinski definition) is 0. The molecule has 2 unspecified atom stereocenters. The van der Waals surface area contributed by atoms with Gasteiger partial charge >= 0.3 is 5.97 Å². The maximum absolute atomic E-state index is 11.2. The molecule has 0 rings (SSSR count). The largest absolute Gasteiger partial charge is 0.464 e. The molecule has 0 saturated carbocycles. The first-order valence-corrected chi connectivity index (χ1v) is 5.71. The van der Waals surface area contributed by atoms with Gasteiger partial charge in [-0.1, -0.05) is 33.1 Å². The summed E-state index contributed by atoms with van der Waals surface area (Å²) < 4.78 is 4.94. The van der Waals surface area contributed by atoms with E-state index >= 15 is 0 Å². The molecule has 0 saturated heterocycles. The van der Waals surface area contributed by atoms with Crippen molar-refractivity contribution in [2.24, 2.45) is 11.8 Å². The molecular weight excluding hydrogens is 245 g/mol. The zero-order valence-electron chi connectivity index (χ0n) is 10.9. The van der Waals surface area contributed by atoms with E-state index in [9.17, 15) is 9.59 Å². The third-order valence-electron chi connectivity index (χ3n) is 2.53. The number of aldehydes is 1. The van der Waals surface area contributed by atoms with Crippen LogP contribution in [0.2, 0.25) is 0 Å². The molecule has 0 spiro atoms. The van der Waals surface area contributed by atoms with Gasteiger partial charge in [0.2, 0.25) is 0 Å². The molecule has 0 bridgehead atoms. The predicted octanol–water partition coefficient (Wildman–Crippen LogP) is 1.70. The van der Waals surface area contributed by atoms with Crippen LogP contribution < -0.4 is 0 Å². The number of rotatable bonds is 8. The number of esters is 1. The molecule has 0 aromatic carbocycles. The first kappa shape index (κ1) is 19.6. The van der Waals surface area contributed by atoms with Crippen LogP contribution in [0.15, 0.2) is 0 Å². The maximum Gasteiger partial charge on any atom is 0.330 e. The minimum atomic E-state index is -1.27. The molecule has 0 aromatic rings. The number of carbonyl (C=O) groups is 2. The first-order valence-electron chi connectivity index (χ1n) is 5.71. The summed E-state index contributed by atoms with van der Waals surface area (Å²) in [5.41, 5.74) is 0. The molecule has 0 aliphatic carbocycles. The fourth-order valence-corrected chi connectivity index (χ4v) is 1.33. The van der Waals surface area contributed by atoms with Gasteiger partial charge in [-0.2, -0.15) is 5.26 Å². The fourth-order valence-electron chi connectivity index (χ4n) is 1.33. The van der Waals surface area contributed by atoms with Crippen LogP contribution in [0.25, 0.3) is 0 Å². The molecule has 0 aliphatic rings. The predicted molar refractivity (Wildman–Crippen MR) is 65.2 cm³/mol. The van der Waals surface area contributed by atoms with Gasteiger partial charge in [-0.3, -0.25) is 4.79 Å². The van der Waals surface area contributed by atoms with Crippen molar-refractivity contribution in [3.63, 3.8) is 0 Å². The number of nitriles is 1. The van der Waals surface area contributed by atoms with Gasteiger partial charge in [0.25, 0.3) is 0 Å². The van der Waals surface area contributed by atoms with E-state index in [0.717, 1.165) is 25.7 Å². The van der Waals surface area contributed by atoms with E-state index in [1.807, 2.05) is 6.92 Å². The number of nitrogens with zero attached hydrogens (tertiary/aromatic N) is 1. The van der Waals surface area contributed by atoms with Crippen molar-refractivity contribution in [1.82, 2.24) is 0 Å². The van der Waals surface area contributed by atoms with Crippen LogP contribution in [-0.4, -0.2) is 70.2 Å². The van der Waals surface area contributed by atoms with Gasteiger partial charge < -0.3 is 9.53 Å². The standard InChI is InChI=1S/C12H19NO3.K/c1-3-5-6-10(4-2)9-16-12(15)11(7-13)8-14;/h8,10-11H,3-6,9H2,1-2H3;. The van der Waals surface area contributed by atoms with E-state index in [2.05, 4.69) is 6.92 Å². The smallest absolute Gasteiger partial charge is 0.330 e. The van der Waals surface area contributed by atoms with Crippen molar-refractivity contribution in [3.05, 3.63) is 0 Å². The number of hydrogen-bond acceptors (Lipinski definition) is 4. The number of unbranched alkanes of at least 4 members (excludes halogenated alkanes) is 1. The zero-order chi connectivity index (χ0) is 12.4. The molecule has 91 valence electrons. The molecule has 2 atom stereocenters. The Morgan fingerprint density at radius 1 is 1.47 bits per heavy atom. The van der Waals surface area contributed by atoms with E-state index in [0.29, 0.717) is 18.8 Å². The molecule has 0 fully saturated rings. The van der Waals surface area contributed by atoms with Gasteiger partial charge in [0.05, 0.1) is 12.7 Å². The van der Waals surface area contributed by atoms with Crippen LogP contribution in [0.1, 0.15) is 39.5 Å². The summed E-state index contributed by atoms with van der Waals surface area (Å²) in [5, 5.41) is 8.48. The Morgan fingerprint density at radius 3 is 2.53 bits per heavy atom. The van der Waals surface area contributed by atoms with E-state index < -0.39 is 11.9 Å². The molecular formula is C12H19KNO3. The molecule has 4 nitrogen and oxygen atoms in total. The van der Waals surface area contributed by atoms with Crippen molar-refractivity contribution in [2.75, 3.05) is 6.61 Å². The molecule has 0 amide bonds.